The summed E-state index contributed by atoms with van der Waals surface area (Å²) in [5.74, 6) is -6.86. The summed E-state index contributed by atoms with van der Waals surface area (Å²) in [6, 6.07) is 0.463. The summed E-state index contributed by atoms with van der Waals surface area (Å²) in [6.45, 7) is 0. The number of sulfonamides is 1. The maximum atomic E-state index is 13.5. The molecule has 21 heavy (non-hydrogen) atoms. The number of nitrogens with one attached hydrogen (secondary N) is 1. The molecule has 5 nitrogen and oxygen atoms in total. The zero-order valence-electron chi connectivity index (χ0n) is 10.6. The van der Waals surface area contributed by atoms with Gasteiger partial charge in [-0.2, -0.15) is 0 Å². The molecule has 1 fully saturated rings. The van der Waals surface area contributed by atoms with Gasteiger partial charge in [-0.05, 0) is 31.4 Å². The van der Waals surface area contributed by atoms with E-state index in [0.29, 0.717) is 18.6 Å². The minimum absolute atomic E-state index is 0.0693. The van der Waals surface area contributed by atoms with Crippen LogP contribution in [0, 0.1) is 23.4 Å². The average molecular weight is 323 g/mol. The maximum Gasteiger partial charge on any atom is 0.306 e. The van der Waals surface area contributed by atoms with Gasteiger partial charge in [-0.1, -0.05) is 0 Å². The van der Waals surface area contributed by atoms with Gasteiger partial charge in [-0.25, -0.2) is 26.3 Å². The molecule has 0 spiro atoms. The zero-order chi connectivity index (χ0) is 15.8. The van der Waals surface area contributed by atoms with Crippen LogP contribution in [0.1, 0.15) is 19.3 Å². The van der Waals surface area contributed by atoms with Gasteiger partial charge in [0.15, 0.2) is 17.5 Å². The van der Waals surface area contributed by atoms with Gasteiger partial charge in [-0.3, -0.25) is 4.79 Å². The van der Waals surface area contributed by atoms with Crippen LogP contribution in [0.3, 0.4) is 0 Å². The minimum Gasteiger partial charge on any atom is -0.481 e. The molecule has 1 aromatic rings. The SMILES string of the molecule is O=C(O)[C@@H]1CC[C@H](NS(=O)(=O)c2ccc(F)c(F)c2F)C1. The van der Waals surface area contributed by atoms with E-state index in [2.05, 4.69) is 4.72 Å². The van der Waals surface area contributed by atoms with Gasteiger partial charge in [0.05, 0.1) is 5.92 Å². The number of carboxylic acids is 1. The molecule has 116 valence electrons. The minimum atomic E-state index is -4.39. The second kappa shape index (κ2) is 5.64. The number of aliphatic carboxylic acids is 1. The Balaban J connectivity index is 2.20. The van der Waals surface area contributed by atoms with Crippen LogP contribution in [0.15, 0.2) is 17.0 Å². The number of carboxylic acid groups (broad SMARTS) is 1. The number of carbonyl (C=O) groups is 1. The van der Waals surface area contributed by atoms with Crippen LogP contribution >= 0.6 is 0 Å². The van der Waals surface area contributed by atoms with Crippen LogP contribution < -0.4 is 4.72 Å². The van der Waals surface area contributed by atoms with E-state index in [1.165, 1.54) is 0 Å². The second-order valence-electron chi connectivity index (χ2n) is 4.84. The van der Waals surface area contributed by atoms with E-state index in [1.54, 1.807) is 0 Å². The Labute approximate surface area is 118 Å². The quantitative estimate of drug-likeness (QED) is 0.825. The first-order valence-electron chi connectivity index (χ1n) is 6.11. The number of rotatable bonds is 4. The van der Waals surface area contributed by atoms with Gasteiger partial charge in [0.25, 0.3) is 0 Å². The summed E-state index contributed by atoms with van der Waals surface area (Å²) in [7, 11) is -4.39. The molecule has 1 aromatic carbocycles. The van der Waals surface area contributed by atoms with Crippen LogP contribution in [0.25, 0.3) is 0 Å². The predicted molar refractivity (Wildman–Crippen MR) is 65.4 cm³/mol. The predicted octanol–water partition coefficient (Wildman–Crippen LogP) is 1.64. The van der Waals surface area contributed by atoms with Gasteiger partial charge >= 0.3 is 5.97 Å². The second-order valence-corrected chi connectivity index (χ2v) is 6.52. The molecular weight excluding hydrogens is 311 g/mol. The lowest BCUT2D eigenvalue weighted by molar-refractivity contribution is -0.141. The van der Waals surface area contributed by atoms with E-state index in [1.807, 2.05) is 0 Å². The Morgan fingerprint density at radius 2 is 1.86 bits per heavy atom. The lowest BCUT2D eigenvalue weighted by Gasteiger charge is -2.13. The lowest BCUT2D eigenvalue weighted by Crippen LogP contribution is -2.34. The standard InChI is InChI=1S/C12H12F3NO4S/c13-8-3-4-9(11(15)10(8)14)21(19,20)16-7-2-1-6(5-7)12(17)18/h3-4,6-7,16H,1-2,5H2,(H,17,18)/t6-,7+/m1/s1. The molecule has 1 aliphatic rings. The highest BCUT2D eigenvalue weighted by molar-refractivity contribution is 7.89. The first kappa shape index (κ1) is 15.8. The number of hydrogen-bond acceptors (Lipinski definition) is 3. The van der Waals surface area contributed by atoms with Gasteiger partial charge in [0.2, 0.25) is 10.0 Å². The topological polar surface area (TPSA) is 83.5 Å². The fourth-order valence-electron chi connectivity index (χ4n) is 2.31. The van der Waals surface area contributed by atoms with Gasteiger partial charge < -0.3 is 5.11 Å². The number of halogens is 3. The highest BCUT2D eigenvalue weighted by Gasteiger charge is 2.33. The van der Waals surface area contributed by atoms with Crippen LogP contribution in [0.2, 0.25) is 0 Å². The molecule has 1 saturated carbocycles. The molecule has 0 saturated heterocycles. The van der Waals surface area contributed by atoms with Crippen LogP contribution in [0.4, 0.5) is 13.2 Å². The summed E-state index contributed by atoms with van der Waals surface area (Å²) in [6.07, 6.45) is 0.643. The molecule has 0 heterocycles. The van der Waals surface area contributed by atoms with Crippen molar-refractivity contribution in [2.75, 3.05) is 0 Å². The largest absolute Gasteiger partial charge is 0.481 e. The Morgan fingerprint density at radius 1 is 1.19 bits per heavy atom. The van der Waals surface area contributed by atoms with Crippen molar-refractivity contribution >= 4 is 16.0 Å². The number of hydrogen-bond donors (Lipinski definition) is 2. The average Bonchev–Trinajstić information content (AvgIpc) is 2.83. The van der Waals surface area contributed by atoms with Gasteiger partial charge in [0, 0.05) is 6.04 Å². The summed E-state index contributed by atoms with van der Waals surface area (Å²) in [5.41, 5.74) is 0. The molecule has 0 radical (unpaired) electrons. The molecule has 0 bridgehead atoms. The Kier molecular flexibility index (Phi) is 4.24. The van der Waals surface area contributed by atoms with Crippen LogP contribution in [0.5, 0.6) is 0 Å². The van der Waals surface area contributed by atoms with Crippen molar-refractivity contribution in [2.24, 2.45) is 5.92 Å². The highest BCUT2D eigenvalue weighted by atomic mass is 32.2. The first-order valence-corrected chi connectivity index (χ1v) is 7.59. The molecule has 2 rings (SSSR count). The summed E-state index contributed by atoms with van der Waals surface area (Å²) >= 11 is 0. The molecule has 9 heteroatoms. The molecule has 0 amide bonds. The molecule has 0 aromatic heterocycles. The molecular formula is C12H12F3NO4S. The van der Waals surface area contributed by atoms with E-state index in [0.717, 1.165) is 0 Å². The molecule has 0 aliphatic heterocycles. The maximum absolute atomic E-state index is 13.5. The summed E-state index contributed by atoms with van der Waals surface area (Å²) < 4.78 is 65.4. The van der Waals surface area contributed by atoms with Crippen LogP contribution in [-0.4, -0.2) is 25.5 Å². The third kappa shape index (κ3) is 3.18. The third-order valence-electron chi connectivity index (χ3n) is 3.39. The van der Waals surface area contributed by atoms with Crippen molar-refractivity contribution in [3.63, 3.8) is 0 Å². The lowest BCUT2D eigenvalue weighted by atomic mass is 10.1. The third-order valence-corrected chi connectivity index (χ3v) is 4.93. The van der Waals surface area contributed by atoms with Crippen molar-refractivity contribution in [1.29, 1.82) is 0 Å². The van der Waals surface area contributed by atoms with Gasteiger partial charge in [-0.15, -0.1) is 0 Å². The smallest absolute Gasteiger partial charge is 0.306 e. The highest BCUT2D eigenvalue weighted by Crippen LogP contribution is 2.28. The van der Waals surface area contributed by atoms with E-state index in [-0.39, 0.29) is 12.8 Å². The van der Waals surface area contributed by atoms with Crippen molar-refractivity contribution < 1.29 is 31.5 Å². The Morgan fingerprint density at radius 3 is 2.43 bits per heavy atom. The fraction of sp³-hybridized carbons (Fsp3) is 0.417. The molecule has 0 unspecified atom stereocenters. The Hall–Kier alpha value is -1.61. The monoisotopic (exact) mass is 323 g/mol. The van der Waals surface area contributed by atoms with Crippen molar-refractivity contribution in [1.82, 2.24) is 4.72 Å². The van der Waals surface area contributed by atoms with E-state index in [4.69, 9.17) is 5.11 Å². The fourth-order valence-corrected chi connectivity index (χ4v) is 3.66. The van der Waals surface area contributed by atoms with E-state index in [9.17, 15) is 26.4 Å². The van der Waals surface area contributed by atoms with E-state index < -0.39 is 50.3 Å². The molecule has 1 aliphatic carbocycles. The van der Waals surface area contributed by atoms with Crippen molar-refractivity contribution in [2.45, 2.75) is 30.2 Å². The first-order chi connectivity index (χ1) is 9.72. The molecule has 2 atom stereocenters. The summed E-state index contributed by atoms with van der Waals surface area (Å²) in [4.78, 5) is 9.79. The van der Waals surface area contributed by atoms with Gasteiger partial charge in [0.1, 0.15) is 4.90 Å². The van der Waals surface area contributed by atoms with E-state index >= 15 is 0 Å². The Bertz CT molecular complexity index is 677. The normalized spacial score (nSPS) is 22.4. The van der Waals surface area contributed by atoms with Crippen molar-refractivity contribution in [3.05, 3.63) is 29.6 Å². The van der Waals surface area contributed by atoms with Crippen molar-refractivity contribution in [3.8, 4) is 0 Å². The zero-order valence-corrected chi connectivity index (χ0v) is 11.5. The molecule has 2 N–H and O–H groups in total. The van der Waals surface area contributed by atoms with Crippen LogP contribution in [-0.2, 0) is 14.8 Å². The summed E-state index contributed by atoms with van der Waals surface area (Å²) in [5, 5.41) is 8.83. The number of benzene rings is 1.